The van der Waals surface area contributed by atoms with E-state index in [1.165, 1.54) is 18.6 Å². The van der Waals surface area contributed by atoms with Crippen LogP contribution in [-0.4, -0.2) is 52.8 Å². The molecule has 0 aromatic rings. The monoisotopic (exact) mass is 314 g/mol. The van der Waals surface area contributed by atoms with E-state index in [0.29, 0.717) is 17.3 Å². The van der Waals surface area contributed by atoms with Crippen molar-refractivity contribution in [3.05, 3.63) is 0 Å². The van der Waals surface area contributed by atoms with Crippen LogP contribution in [0.3, 0.4) is 0 Å². The van der Waals surface area contributed by atoms with E-state index in [0.717, 1.165) is 25.9 Å². The summed E-state index contributed by atoms with van der Waals surface area (Å²) in [5, 5.41) is 4.46. The van der Waals surface area contributed by atoms with Gasteiger partial charge in [-0.15, -0.1) is 0 Å². The van der Waals surface area contributed by atoms with E-state index >= 15 is 0 Å². The molecule has 2 rings (SSSR count). The molecule has 0 bridgehead atoms. The maximum atomic E-state index is 12.2. The third-order valence-corrected chi connectivity index (χ3v) is 5.51. The first-order chi connectivity index (χ1) is 9.85. The highest BCUT2D eigenvalue weighted by atomic mass is 32.2. The summed E-state index contributed by atoms with van der Waals surface area (Å²) in [6.45, 7) is 9.68. The molecular formula is C16H30N2O2S. The number of carbonyl (C=O) groups excluding carboxylic acids is 1. The minimum atomic E-state index is -0.411. The molecule has 1 amide bonds. The molecule has 5 heteroatoms. The van der Waals surface area contributed by atoms with Crippen LogP contribution in [0.25, 0.3) is 0 Å². The Kier molecular flexibility index (Phi) is 5.83. The minimum absolute atomic E-state index is 0.167. The summed E-state index contributed by atoms with van der Waals surface area (Å²) < 4.78 is 5.49. The first kappa shape index (κ1) is 16.9. The van der Waals surface area contributed by atoms with Gasteiger partial charge in [0.25, 0.3) is 0 Å². The first-order valence-corrected chi connectivity index (χ1v) is 9.25. The van der Waals surface area contributed by atoms with Crippen LogP contribution < -0.4 is 5.32 Å². The van der Waals surface area contributed by atoms with Crippen LogP contribution in [0, 0.1) is 0 Å². The predicted molar refractivity (Wildman–Crippen MR) is 88.9 cm³/mol. The number of nitrogens with zero attached hydrogens (tertiary/aromatic N) is 1. The molecule has 1 N–H and O–H groups in total. The number of thioether (sulfide) groups is 1. The fraction of sp³-hybridized carbons (Fsp3) is 0.938. The van der Waals surface area contributed by atoms with Crippen LogP contribution in [0.4, 0.5) is 4.79 Å². The lowest BCUT2D eigenvalue weighted by atomic mass is 10.0. The van der Waals surface area contributed by atoms with Crippen molar-refractivity contribution in [1.82, 2.24) is 10.2 Å². The van der Waals surface area contributed by atoms with E-state index in [-0.39, 0.29) is 6.09 Å². The Labute approximate surface area is 133 Å². The number of ether oxygens (including phenoxy) is 1. The van der Waals surface area contributed by atoms with Gasteiger partial charge in [0.15, 0.2) is 0 Å². The zero-order valence-electron chi connectivity index (χ0n) is 13.9. The normalized spacial score (nSPS) is 31.0. The molecule has 0 aromatic carbocycles. The molecule has 2 aliphatic heterocycles. The summed E-state index contributed by atoms with van der Waals surface area (Å²) in [5.41, 5.74) is -0.411. The average molecular weight is 314 g/mol. The molecule has 2 aliphatic rings. The third-order valence-electron chi connectivity index (χ3n) is 4.13. The molecule has 3 atom stereocenters. The lowest BCUT2D eigenvalue weighted by Gasteiger charge is -2.38. The maximum absolute atomic E-state index is 12.2. The summed E-state index contributed by atoms with van der Waals surface area (Å²) in [6.07, 6.45) is 4.62. The molecule has 2 heterocycles. The molecule has 3 unspecified atom stereocenters. The highest BCUT2D eigenvalue weighted by Gasteiger charge is 2.30. The fourth-order valence-corrected chi connectivity index (χ4v) is 4.20. The van der Waals surface area contributed by atoms with Crippen molar-refractivity contribution in [2.75, 3.05) is 18.8 Å². The van der Waals surface area contributed by atoms with Gasteiger partial charge >= 0.3 is 6.09 Å². The molecule has 21 heavy (non-hydrogen) atoms. The van der Waals surface area contributed by atoms with Gasteiger partial charge < -0.3 is 15.0 Å². The average Bonchev–Trinajstić information content (AvgIpc) is 2.40. The van der Waals surface area contributed by atoms with Gasteiger partial charge in [-0.25, -0.2) is 4.79 Å². The van der Waals surface area contributed by atoms with Crippen LogP contribution in [0.1, 0.15) is 53.4 Å². The smallest absolute Gasteiger partial charge is 0.410 e. The summed E-state index contributed by atoms with van der Waals surface area (Å²) in [5.74, 6) is 1.29. The quantitative estimate of drug-likeness (QED) is 0.849. The molecule has 0 spiro atoms. The molecular weight excluding hydrogens is 284 g/mol. The summed E-state index contributed by atoms with van der Waals surface area (Å²) >= 11 is 2.06. The van der Waals surface area contributed by atoms with Crippen molar-refractivity contribution in [3.8, 4) is 0 Å². The van der Waals surface area contributed by atoms with Crippen molar-refractivity contribution in [2.45, 2.75) is 76.3 Å². The van der Waals surface area contributed by atoms with Gasteiger partial charge in [-0.1, -0.05) is 6.92 Å². The minimum Gasteiger partial charge on any atom is -0.444 e. The molecule has 122 valence electrons. The van der Waals surface area contributed by atoms with Crippen molar-refractivity contribution < 1.29 is 9.53 Å². The largest absolute Gasteiger partial charge is 0.444 e. The Balaban J connectivity index is 1.84. The number of nitrogens with one attached hydrogen (secondary N) is 1. The molecule has 0 aromatic heterocycles. The lowest BCUT2D eigenvalue weighted by Crippen LogP contribution is -2.53. The van der Waals surface area contributed by atoms with Gasteiger partial charge in [0.2, 0.25) is 0 Å². The predicted octanol–water partition coefficient (Wildman–Crippen LogP) is 3.26. The number of piperidine rings is 1. The molecule has 2 fully saturated rings. The van der Waals surface area contributed by atoms with Gasteiger partial charge in [0.1, 0.15) is 5.60 Å². The van der Waals surface area contributed by atoms with Crippen molar-refractivity contribution in [1.29, 1.82) is 0 Å². The van der Waals surface area contributed by atoms with Gasteiger partial charge in [-0.05, 0) is 52.2 Å². The van der Waals surface area contributed by atoms with Gasteiger partial charge in [-0.2, -0.15) is 11.8 Å². The van der Waals surface area contributed by atoms with Crippen molar-refractivity contribution >= 4 is 17.9 Å². The summed E-state index contributed by atoms with van der Waals surface area (Å²) in [6, 6.07) is 1.00. The van der Waals surface area contributed by atoms with E-state index in [9.17, 15) is 4.79 Å². The van der Waals surface area contributed by atoms with Gasteiger partial charge in [-0.3, -0.25) is 0 Å². The summed E-state index contributed by atoms with van der Waals surface area (Å²) in [7, 11) is 0. The third kappa shape index (κ3) is 5.37. The van der Waals surface area contributed by atoms with E-state index in [4.69, 9.17) is 4.74 Å². The van der Waals surface area contributed by atoms with Crippen LogP contribution in [0.15, 0.2) is 0 Å². The van der Waals surface area contributed by atoms with Crippen LogP contribution in [0.5, 0.6) is 0 Å². The number of amides is 1. The number of hydrogen-bond acceptors (Lipinski definition) is 4. The second kappa shape index (κ2) is 7.23. The Hall–Kier alpha value is -0.420. The highest BCUT2D eigenvalue weighted by molar-refractivity contribution is 7.99. The van der Waals surface area contributed by atoms with Gasteiger partial charge in [0.05, 0.1) is 0 Å². The highest BCUT2D eigenvalue weighted by Crippen LogP contribution is 2.26. The molecule has 4 nitrogen and oxygen atoms in total. The van der Waals surface area contributed by atoms with E-state index in [1.807, 2.05) is 25.7 Å². The number of rotatable bonds is 2. The van der Waals surface area contributed by atoms with Gasteiger partial charge in [0, 0.05) is 30.4 Å². The fourth-order valence-electron chi connectivity index (χ4n) is 3.05. The number of likely N-dealkylation sites (tertiary alicyclic amines) is 1. The Morgan fingerprint density at radius 1 is 1.29 bits per heavy atom. The SMILES string of the molecule is CC1SCCCC1NC1CCCN(C(=O)OC(C)(C)C)C1. The first-order valence-electron chi connectivity index (χ1n) is 8.21. The topological polar surface area (TPSA) is 41.6 Å². The molecule has 2 saturated heterocycles. The molecule has 0 radical (unpaired) electrons. The Bertz CT molecular complexity index is 357. The zero-order valence-corrected chi connectivity index (χ0v) is 14.7. The van der Waals surface area contributed by atoms with Crippen molar-refractivity contribution in [2.24, 2.45) is 0 Å². The molecule has 0 saturated carbocycles. The standard InChI is InChI=1S/C16H30N2O2S/c1-12-14(8-6-10-21-12)17-13-7-5-9-18(11-13)15(19)20-16(2,3)4/h12-14,17H,5-11H2,1-4H3. The Morgan fingerprint density at radius 3 is 2.71 bits per heavy atom. The summed E-state index contributed by atoms with van der Waals surface area (Å²) in [4.78, 5) is 14.1. The second-order valence-corrected chi connectivity index (χ2v) is 8.74. The van der Waals surface area contributed by atoms with Crippen LogP contribution in [0.2, 0.25) is 0 Å². The van der Waals surface area contributed by atoms with Crippen LogP contribution in [-0.2, 0) is 4.74 Å². The number of carbonyl (C=O) groups is 1. The maximum Gasteiger partial charge on any atom is 0.410 e. The van der Waals surface area contributed by atoms with E-state index in [1.54, 1.807) is 0 Å². The second-order valence-electron chi connectivity index (χ2n) is 7.26. The lowest BCUT2D eigenvalue weighted by molar-refractivity contribution is 0.0182. The number of hydrogen-bond donors (Lipinski definition) is 1. The van der Waals surface area contributed by atoms with E-state index in [2.05, 4.69) is 24.0 Å². The van der Waals surface area contributed by atoms with Crippen LogP contribution >= 0.6 is 11.8 Å². The van der Waals surface area contributed by atoms with E-state index < -0.39 is 5.60 Å². The van der Waals surface area contributed by atoms with Crippen molar-refractivity contribution in [3.63, 3.8) is 0 Å². The Morgan fingerprint density at radius 2 is 2.05 bits per heavy atom. The molecule has 0 aliphatic carbocycles. The zero-order chi connectivity index (χ0) is 15.5.